The predicted octanol–water partition coefficient (Wildman–Crippen LogP) is 4.85. The molecule has 0 unspecified atom stereocenters. The molecule has 0 aromatic heterocycles. The number of unbranched alkanes of at least 4 members (excludes halogenated alkanes) is 1. The first-order valence-corrected chi connectivity index (χ1v) is 10.3. The monoisotopic (exact) mass is 411 g/mol. The molecule has 1 heterocycles. The third kappa shape index (κ3) is 11.2. The number of benzene rings is 2. The molecule has 2 N–H and O–H groups in total. The van der Waals surface area contributed by atoms with E-state index in [0.29, 0.717) is 0 Å². The van der Waals surface area contributed by atoms with Gasteiger partial charge in [0, 0.05) is 6.08 Å². The lowest BCUT2D eigenvalue weighted by Gasteiger charge is -2.32. The van der Waals surface area contributed by atoms with E-state index < -0.39 is 5.97 Å². The summed E-state index contributed by atoms with van der Waals surface area (Å²) in [6.07, 6.45) is 7.33. The standard InChI is InChI=1S/C21H27N.C3H4O2.CH2O2/c1-3-9-19(10-4-1)11-7-8-16-22-17-14-21(15-18-22)20-12-5-2-6-13-20;1-2-3(4)5;2-1-3/h1-6,9-10,12-13,21H,7-8,11,14-18H2;2H,1H2,(H,4,5);1H,(H,2,3). The number of nitrogens with zero attached hydrogens (tertiary/aromatic N) is 1. The van der Waals surface area contributed by atoms with E-state index in [1.165, 1.54) is 62.9 Å². The van der Waals surface area contributed by atoms with Crippen LogP contribution in [0.3, 0.4) is 0 Å². The van der Waals surface area contributed by atoms with Gasteiger partial charge in [-0.25, -0.2) is 4.79 Å². The summed E-state index contributed by atoms with van der Waals surface area (Å²) >= 11 is 0. The zero-order valence-electron chi connectivity index (χ0n) is 17.5. The van der Waals surface area contributed by atoms with Gasteiger partial charge < -0.3 is 15.1 Å². The van der Waals surface area contributed by atoms with Crippen molar-refractivity contribution in [1.82, 2.24) is 4.90 Å². The van der Waals surface area contributed by atoms with Crippen LogP contribution in [0, 0.1) is 0 Å². The molecule has 0 atom stereocenters. The Balaban J connectivity index is 0.000000485. The number of hydrogen-bond donors (Lipinski definition) is 2. The summed E-state index contributed by atoms with van der Waals surface area (Å²) in [7, 11) is 0. The topological polar surface area (TPSA) is 77.8 Å². The van der Waals surface area contributed by atoms with Gasteiger partial charge in [0.25, 0.3) is 6.47 Å². The van der Waals surface area contributed by atoms with Crippen molar-refractivity contribution >= 4 is 12.4 Å². The van der Waals surface area contributed by atoms with Crippen LogP contribution in [0.4, 0.5) is 0 Å². The molecule has 3 rings (SSSR count). The van der Waals surface area contributed by atoms with Crippen LogP contribution >= 0.6 is 0 Å². The number of carbonyl (C=O) groups is 2. The maximum absolute atomic E-state index is 9.25. The van der Waals surface area contributed by atoms with Crippen molar-refractivity contribution in [3.05, 3.63) is 84.4 Å². The first-order valence-electron chi connectivity index (χ1n) is 10.3. The molecule has 1 aliphatic heterocycles. The van der Waals surface area contributed by atoms with Crippen molar-refractivity contribution in [2.24, 2.45) is 0 Å². The van der Waals surface area contributed by atoms with Crippen LogP contribution in [0.5, 0.6) is 0 Å². The average Bonchev–Trinajstić information content (AvgIpc) is 2.79. The summed E-state index contributed by atoms with van der Waals surface area (Å²) in [6, 6.07) is 21.9. The number of rotatable bonds is 7. The van der Waals surface area contributed by atoms with Crippen molar-refractivity contribution in [1.29, 1.82) is 0 Å². The van der Waals surface area contributed by atoms with E-state index in [4.69, 9.17) is 15.0 Å². The molecule has 0 saturated carbocycles. The molecule has 2 aromatic rings. The molecule has 1 saturated heterocycles. The average molecular weight is 412 g/mol. The van der Waals surface area contributed by atoms with Crippen LogP contribution in [-0.2, 0) is 16.0 Å². The van der Waals surface area contributed by atoms with Crippen molar-refractivity contribution in [2.45, 2.75) is 38.0 Å². The number of aliphatic carboxylic acids is 1. The summed E-state index contributed by atoms with van der Waals surface area (Å²) in [5.74, 6) is -0.202. The van der Waals surface area contributed by atoms with Crippen molar-refractivity contribution in [2.75, 3.05) is 19.6 Å². The van der Waals surface area contributed by atoms with Gasteiger partial charge in [-0.3, -0.25) is 4.79 Å². The Bertz CT molecular complexity index is 710. The molecule has 0 spiro atoms. The van der Waals surface area contributed by atoms with Crippen molar-refractivity contribution in [3.63, 3.8) is 0 Å². The maximum Gasteiger partial charge on any atom is 0.327 e. The minimum Gasteiger partial charge on any atom is -0.483 e. The SMILES string of the molecule is C=CC(=O)O.O=CO.c1ccc(CCCCN2CCC(c3ccccc3)CC2)cc1. The van der Waals surface area contributed by atoms with E-state index in [9.17, 15) is 4.79 Å². The van der Waals surface area contributed by atoms with Gasteiger partial charge in [-0.2, -0.15) is 0 Å². The number of carboxylic acids is 1. The fraction of sp³-hybridized carbons (Fsp3) is 0.360. The highest BCUT2D eigenvalue weighted by Crippen LogP contribution is 2.27. The number of likely N-dealkylation sites (tertiary alicyclic amines) is 1. The Labute approximate surface area is 179 Å². The smallest absolute Gasteiger partial charge is 0.327 e. The summed E-state index contributed by atoms with van der Waals surface area (Å²) in [5.41, 5.74) is 3.01. The van der Waals surface area contributed by atoms with Crippen LogP contribution in [0.15, 0.2) is 73.3 Å². The quantitative estimate of drug-likeness (QED) is 0.387. The molecule has 5 heteroatoms. The van der Waals surface area contributed by atoms with Crippen LogP contribution in [0.2, 0.25) is 0 Å². The minimum absolute atomic E-state index is 0.250. The summed E-state index contributed by atoms with van der Waals surface area (Å²) in [5, 5.41) is 14.5. The van der Waals surface area contributed by atoms with Gasteiger partial charge in [0.05, 0.1) is 0 Å². The predicted molar refractivity (Wildman–Crippen MR) is 121 cm³/mol. The first-order chi connectivity index (χ1) is 14.6. The molecule has 1 aliphatic rings. The van der Waals surface area contributed by atoms with Gasteiger partial charge in [0.1, 0.15) is 0 Å². The van der Waals surface area contributed by atoms with E-state index in [0.717, 1.165) is 12.0 Å². The Morgan fingerprint density at radius 1 is 1.00 bits per heavy atom. The fourth-order valence-corrected chi connectivity index (χ4v) is 3.52. The second-order valence-corrected chi connectivity index (χ2v) is 7.12. The molecule has 2 aromatic carbocycles. The third-order valence-corrected chi connectivity index (χ3v) is 5.07. The molecule has 5 nitrogen and oxygen atoms in total. The fourth-order valence-electron chi connectivity index (χ4n) is 3.52. The second kappa shape index (κ2) is 15.9. The Morgan fingerprint density at radius 2 is 1.50 bits per heavy atom. The van der Waals surface area contributed by atoms with E-state index >= 15 is 0 Å². The lowest BCUT2D eigenvalue weighted by molar-refractivity contribution is -0.131. The van der Waals surface area contributed by atoms with Gasteiger partial charge in [-0.15, -0.1) is 0 Å². The molecule has 162 valence electrons. The van der Waals surface area contributed by atoms with Crippen molar-refractivity contribution < 1.29 is 19.8 Å². The van der Waals surface area contributed by atoms with Gasteiger partial charge in [-0.1, -0.05) is 67.2 Å². The van der Waals surface area contributed by atoms with Crippen LogP contribution in [-0.4, -0.2) is 47.2 Å². The summed E-state index contributed by atoms with van der Waals surface area (Å²) in [6.45, 7) is 6.52. The number of piperidine rings is 1. The molecule has 30 heavy (non-hydrogen) atoms. The lowest BCUT2D eigenvalue weighted by Crippen LogP contribution is -2.33. The number of aryl methyl sites for hydroxylation is 1. The van der Waals surface area contributed by atoms with Crippen LogP contribution in [0.25, 0.3) is 0 Å². The maximum atomic E-state index is 9.25. The number of hydrogen-bond acceptors (Lipinski definition) is 3. The normalized spacial score (nSPS) is 13.7. The Kier molecular flexibility index (Phi) is 13.3. The molecule has 0 amide bonds. The molecule has 0 aliphatic carbocycles. The molecule has 0 radical (unpaired) electrons. The van der Waals surface area contributed by atoms with E-state index in [1.807, 2.05) is 0 Å². The van der Waals surface area contributed by atoms with Gasteiger partial charge >= 0.3 is 5.97 Å². The molecular weight excluding hydrogens is 378 g/mol. The molecule has 0 bridgehead atoms. The molecule has 1 fully saturated rings. The highest BCUT2D eigenvalue weighted by molar-refractivity contribution is 5.78. The largest absolute Gasteiger partial charge is 0.483 e. The van der Waals surface area contributed by atoms with Gasteiger partial charge in [0.2, 0.25) is 0 Å². The highest BCUT2D eigenvalue weighted by Gasteiger charge is 2.19. The zero-order chi connectivity index (χ0) is 22.0. The Morgan fingerprint density at radius 3 is 2.00 bits per heavy atom. The summed E-state index contributed by atoms with van der Waals surface area (Å²) in [4.78, 5) is 20.3. The van der Waals surface area contributed by atoms with E-state index in [-0.39, 0.29) is 6.47 Å². The highest BCUT2D eigenvalue weighted by atomic mass is 16.4. The molecular formula is C25H33NO4. The van der Waals surface area contributed by atoms with Crippen LogP contribution < -0.4 is 0 Å². The Hall–Kier alpha value is -2.92. The number of carboxylic acid groups (broad SMARTS) is 2. The van der Waals surface area contributed by atoms with Gasteiger partial charge in [-0.05, 0) is 68.8 Å². The second-order valence-electron chi connectivity index (χ2n) is 7.12. The zero-order valence-corrected chi connectivity index (χ0v) is 17.5. The minimum atomic E-state index is -0.981. The first kappa shape index (κ1) is 25.1. The van der Waals surface area contributed by atoms with E-state index in [1.54, 1.807) is 0 Å². The van der Waals surface area contributed by atoms with Gasteiger partial charge in [0.15, 0.2) is 0 Å². The summed E-state index contributed by atoms with van der Waals surface area (Å²) < 4.78 is 0. The third-order valence-electron chi connectivity index (χ3n) is 5.07. The lowest BCUT2D eigenvalue weighted by atomic mass is 9.89. The van der Waals surface area contributed by atoms with Crippen LogP contribution in [0.1, 0.15) is 42.7 Å². The van der Waals surface area contributed by atoms with Crippen molar-refractivity contribution in [3.8, 4) is 0 Å². The van der Waals surface area contributed by atoms with E-state index in [2.05, 4.69) is 72.1 Å².